The van der Waals surface area contributed by atoms with Crippen molar-refractivity contribution in [3.05, 3.63) is 81.0 Å². The van der Waals surface area contributed by atoms with Gasteiger partial charge in [-0.2, -0.15) is 5.26 Å². The minimum absolute atomic E-state index is 0.470. The Hall–Kier alpha value is -2.18. The van der Waals surface area contributed by atoms with Crippen molar-refractivity contribution in [3.8, 4) is 17.4 Å². The molecule has 1 aromatic heterocycles. The second-order valence-corrected chi connectivity index (χ2v) is 6.23. The number of nitriles is 1. The van der Waals surface area contributed by atoms with Gasteiger partial charge in [-0.25, -0.2) is 0 Å². The van der Waals surface area contributed by atoms with E-state index in [1.54, 1.807) is 60.7 Å². The van der Waals surface area contributed by atoms with Gasteiger partial charge in [-0.3, -0.25) is 0 Å². The molecule has 0 aliphatic rings. The molecule has 3 rings (SSSR count). The molecule has 118 valence electrons. The van der Waals surface area contributed by atoms with Gasteiger partial charge in [0.1, 0.15) is 11.5 Å². The highest BCUT2D eigenvalue weighted by molar-refractivity contribution is 6.39. The predicted octanol–water partition coefficient (Wildman–Crippen LogP) is 6.97. The van der Waals surface area contributed by atoms with E-state index in [2.05, 4.69) is 6.07 Å². The molecule has 0 aliphatic heterocycles. The zero-order valence-corrected chi connectivity index (χ0v) is 14.5. The van der Waals surface area contributed by atoms with Crippen molar-refractivity contribution in [2.24, 2.45) is 0 Å². The van der Waals surface area contributed by atoms with E-state index in [4.69, 9.17) is 39.2 Å². The minimum Gasteiger partial charge on any atom is -0.457 e. The van der Waals surface area contributed by atoms with Gasteiger partial charge in [0.25, 0.3) is 0 Å². The molecule has 0 unspecified atom stereocenters. The fourth-order valence-corrected chi connectivity index (χ4v) is 2.96. The molecule has 0 atom stereocenters. The first-order valence-corrected chi connectivity index (χ1v) is 8.14. The summed E-state index contributed by atoms with van der Waals surface area (Å²) in [4.78, 5) is 0. The zero-order chi connectivity index (χ0) is 17.1. The van der Waals surface area contributed by atoms with E-state index in [0.29, 0.717) is 37.7 Å². The van der Waals surface area contributed by atoms with Crippen molar-refractivity contribution in [1.82, 2.24) is 0 Å². The van der Waals surface area contributed by atoms with Gasteiger partial charge < -0.3 is 4.42 Å². The standard InChI is InChI=1S/C19H10Cl3NO/c20-14-6-4-12(5-7-14)13(11-23)10-15-8-9-18(24-15)19-16(21)2-1-3-17(19)22/h1-10H/b13-10+. The molecule has 0 fully saturated rings. The van der Waals surface area contributed by atoms with Crippen LogP contribution in [0.15, 0.2) is 59.0 Å². The van der Waals surface area contributed by atoms with Gasteiger partial charge in [0.15, 0.2) is 0 Å². The van der Waals surface area contributed by atoms with E-state index in [1.165, 1.54) is 0 Å². The summed E-state index contributed by atoms with van der Waals surface area (Å²) in [6.45, 7) is 0. The molecule has 24 heavy (non-hydrogen) atoms. The first-order chi connectivity index (χ1) is 11.6. The molecule has 0 aliphatic carbocycles. The highest BCUT2D eigenvalue weighted by atomic mass is 35.5. The molecule has 0 bridgehead atoms. The maximum Gasteiger partial charge on any atom is 0.137 e. The molecular formula is C19H10Cl3NO. The molecule has 1 heterocycles. The van der Waals surface area contributed by atoms with Gasteiger partial charge >= 0.3 is 0 Å². The quantitative estimate of drug-likeness (QED) is 0.464. The number of allylic oxidation sites excluding steroid dienone is 1. The summed E-state index contributed by atoms with van der Waals surface area (Å²) in [7, 11) is 0. The molecule has 0 saturated carbocycles. The van der Waals surface area contributed by atoms with Crippen LogP contribution in [0.1, 0.15) is 11.3 Å². The minimum atomic E-state index is 0.470. The van der Waals surface area contributed by atoms with Gasteiger partial charge in [0, 0.05) is 5.02 Å². The fourth-order valence-electron chi connectivity index (χ4n) is 2.25. The summed E-state index contributed by atoms with van der Waals surface area (Å²) in [5.74, 6) is 1.08. The molecule has 2 aromatic carbocycles. The van der Waals surface area contributed by atoms with Crippen LogP contribution in [0.4, 0.5) is 0 Å². The normalized spacial score (nSPS) is 11.3. The van der Waals surface area contributed by atoms with Crippen molar-refractivity contribution < 1.29 is 4.42 Å². The van der Waals surface area contributed by atoms with Crippen LogP contribution in [-0.4, -0.2) is 0 Å². The molecule has 0 saturated heterocycles. The highest BCUT2D eigenvalue weighted by Gasteiger charge is 2.12. The van der Waals surface area contributed by atoms with Gasteiger partial charge in [-0.1, -0.05) is 53.0 Å². The lowest BCUT2D eigenvalue weighted by Crippen LogP contribution is -1.81. The van der Waals surface area contributed by atoms with Crippen LogP contribution in [0.3, 0.4) is 0 Å². The van der Waals surface area contributed by atoms with Crippen LogP contribution >= 0.6 is 34.8 Å². The third-order valence-electron chi connectivity index (χ3n) is 3.40. The second-order valence-electron chi connectivity index (χ2n) is 4.98. The summed E-state index contributed by atoms with van der Waals surface area (Å²) in [5.41, 5.74) is 1.86. The van der Waals surface area contributed by atoms with E-state index < -0.39 is 0 Å². The average molecular weight is 375 g/mol. The van der Waals surface area contributed by atoms with E-state index in [-0.39, 0.29) is 0 Å². The van der Waals surface area contributed by atoms with Crippen LogP contribution in [0, 0.1) is 11.3 Å². The summed E-state index contributed by atoms with van der Waals surface area (Å²) in [6.07, 6.45) is 1.66. The number of hydrogen-bond acceptors (Lipinski definition) is 2. The third-order valence-corrected chi connectivity index (χ3v) is 4.28. The van der Waals surface area contributed by atoms with Gasteiger partial charge in [0.2, 0.25) is 0 Å². The Morgan fingerprint density at radius 1 is 0.917 bits per heavy atom. The topological polar surface area (TPSA) is 36.9 Å². The Balaban J connectivity index is 1.98. The number of furan rings is 1. The van der Waals surface area contributed by atoms with Crippen molar-refractivity contribution in [3.63, 3.8) is 0 Å². The lowest BCUT2D eigenvalue weighted by atomic mass is 10.1. The van der Waals surface area contributed by atoms with Crippen LogP contribution in [0.2, 0.25) is 15.1 Å². The summed E-state index contributed by atoms with van der Waals surface area (Å²) < 4.78 is 5.79. The van der Waals surface area contributed by atoms with Gasteiger partial charge in [-0.05, 0) is 48.0 Å². The van der Waals surface area contributed by atoms with Crippen molar-refractivity contribution in [2.45, 2.75) is 0 Å². The molecule has 0 N–H and O–H groups in total. The smallest absolute Gasteiger partial charge is 0.137 e. The maximum absolute atomic E-state index is 9.39. The first kappa shape index (κ1) is 16.7. The molecular weight excluding hydrogens is 365 g/mol. The second kappa shape index (κ2) is 7.15. The summed E-state index contributed by atoms with van der Waals surface area (Å²) in [5, 5.41) is 11.0. The SMILES string of the molecule is N#C/C(=C\c1ccc(-c2c(Cl)cccc2Cl)o1)c1ccc(Cl)cc1. The molecule has 0 spiro atoms. The summed E-state index contributed by atoms with van der Waals surface area (Å²) in [6, 6.07) is 18.0. The Bertz CT molecular complexity index is 929. The Kier molecular flexibility index (Phi) is 4.97. The number of rotatable bonds is 3. The summed E-state index contributed by atoms with van der Waals surface area (Å²) >= 11 is 18.3. The Morgan fingerprint density at radius 2 is 1.58 bits per heavy atom. The molecule has 2 nitrogen and oxygen atoms in total. The lowest BCUT2D eigenvalue weighted by Gasteiger charge is -2.03. The molecule has 0 amide bonds. The first-order valence-electron chi connectivity index (χ1n) is 7.00. The highest BCUT2D eigenvalue weighted by Crippen LogP contribution is 2.36. The van der Waals surface area contributed by atoms with Crippen LogP contribution in [-0.2, 0) is 0 Å². The van der Waals surface area contributed by atoms with E-state index in [9.17, 15) is 5.26 Å². The molecule has 3 aromatic rings. The van der Waals surface area contributed by atoms with E-state index in [1.807, 2.05) is 0 Å². The van der Waals surface area contributed by atoms with Crippen molar-refractivity contribution in [1.29, 1.82) is 5.26 Å². The van der Waals surface area contributed by atoms with Crippen LogP contribution < -0.4 is 0 Å². The Labute approximate surface area is 154 Å². The largest absolute Gasteiger partial charge is 0.457 e. The average Bonchev–Trinajstić information content (AvgIpc) is 3.01. The van der Waals surface area contributed by atoms with E-state index in [0.717, 1.165) is 5.56 Å². The zero-order valence-electron chi connectivity index (χ0n) is 12.3. The fraction of sp³-hybridized carbons (Fsp3) is 0. The van der Waals surface area contributed by atoms with Crippen LogP contribution in [0.25, 0.3) is 23.0 Å². The Morgan fingerprint density at radius 3 is 2.21 bits per heavy atom. The molecule has 5 heteroatoms. The third kappa shape index (κ3) is 3.49. The molecule has 0 radical (unpaired) electrons. The lowest BCUT2D eigenvalue weighted by molar-refractivity contribution is 0.572. The number of benzene rings is 2. The predicted molar refractivity (Wildman–Crippen MR) is 99.1 cm³/mol. The van der Waals surface area contributed by atoms with Gasteiger partial charge in [-0.15, -0.1) is 0 Å². The van der Waals surface area contributed by atoms with Gasteiger partial charge in [0.05, 0.1) is 27.3 Å². The van der Waals surface area contributed by atoms with Crippen LogP contribution in [0.5, 0.6) is 0 Å². The number of halogens is 3. The van der Waals surface area contributed by atoms with Crippen molar-refractivity contribution in [2.75, 3.05) is 0 Å². The van der Waals surface area contributed by atoms with Crippen molar-refractivity contribution >= 4 is 46.5 Å². The number of hydrogen-bond donors (Lipinski definition) is 0. The maximum atomic E-state index is 9.39. The van der Waals surface area contributed by atoms with E-state index >= 15 is 0 Å². The monoisotopic (exact) mass is 373 g/mol. The number of nitrogens with zero attached hydrogens (tertiary/aromatic N) is 1.